The molecule has 1 saturated carbocycles. The number of rotatable bonds is 10. The van der Waals surface area contributed by atoms with Gasteiger partial charge in [-0.25, -0.2) is 13.1 Å². The van der Waals surface area contributed by atoms with Crippen LogP contribution in [0.15, 0.2) is 29.2 Å². The molecule has 0 spiro atoms. The van der Waals surface area contributed by atoms with Crippen molar-refractivity contribution in [2.75, 3.05) is 33.8 Å². The van der Waals surface area contributed by atoms with E-state index in [-0.39, 0.29) is 5.60 Å². The summed E-state index contributed by atoms with van der Waals surface area (Å²) >= 11 is 0. The Labute approximate surface area is 177 Å². The van der Waals surface area contributed by atoms with Crippen LogP contribution in [0.4, 0.5) is 0 Å². The van der Waals surface area contributed by atoms with Gasteiger partial charge in [-0.3, -0.25) is 0 Å². The normalized spacial score (nSPS) is 28.6. The number of nitrogens with zero attached hydrogens (tertiary/aromatic N) is 1. The van der Waals surface area contributed by atoms with Gasteiger partial charge in [-0.1, -0.05) is 45.2 Å². The van der Waals surface area contributed by atoms with E-state index in [2.05, 4.69) is 29.5 Å². The Morgan fingerprint density at radius 2 is 1.93 bits per heavy atom. The van der Waals surface area contributed by atoms with Gasteiger partial charge in [0.05, 0.1) is 4.90 Å². The lowest BCUT2D eigenvalue weighted by Crippen LogP contribution is -2.53. The molecule has 0 aromatic heterocycles. The second kappa shape index (κ2) is 9.46. The van der Waals surface area contributed by atoms with Crippen molar-refractivity contribution in [2.45, 2.75) is 62.9 Å². The minimum atomic E-state index is -3.46. The highest BCUT2D eigenvalue weighted by Gasteiger charge is 2.55. The highest BCUT2D eigenvalue weighted by molar-refractivity contribution is 7.89. The molecule has 3 atom stereocenters. The first-order valence-corrected chi connectivity index (χ1v) is 12.7. The molecule has 3 rings (SSSR count). The highest BCUT2D eigenvalue weighted by Crippen LogP contribution is 2.53. The lowest BCUT2D eigenvalue weighted by atomic mass is 9.74. The molecule has 0 amide bonds. The van der Waals surface area contributed by atoms with Crippen LogP contribution in [-0.4, -0.2) is 47.1 Å². The van der Waals surface area contributed by atoms with Gasteiger partial charge >= 0.3 is 0 Å². The van der Waals surface area contributed by atoms with E-state index in [9.17, 15) is 8.42 Å². The maximum atomic E-state index is 12.3. The molecule has 1 aromatic carbocycles. The van der Waals surface area contributed by atoms with Crippen LogP contribution in [0.5, 0.6) is 0 Å². The lowest BCUT2D eigenvalue weighted by molar-refractivity contribution is -0.120. The predicted molar refractivity (Wildman–Crippen MR) is 117 cm³/mol. The summed E-state index contributed by atoms with van der Waals surface area (Å²) in [4.78, 5) is 2.97. The highest BCUT2D eigenvalue weighted by atomic mass is 32.2. The zero-order valence-corrected chi connectivity index (χ0v) is 19.3. The maximum absolute atomic E-state index is 12.3. The molecule has 1 saturated heterocycles. The molecule has 2 aliphatic rings. The van der Waals surface area contributed by atoms with E-state index in [1.807, 2.05) is 12.1 Å². The van der Waals surface area contributed by atoms with E-state index in [4.69, 9.17) is 4.74 Å². The Morgan fingerprint density at radius 1 is 1.24 bits per heavy atom. The fourth-order valence-corrected chi connectivity index (χ4v) is 6.47. The predicted octanol–water partition coefficient (Wildman–Crippen LogP) is 3.99. The van der Waals surface area contributed by atoms with Crippen LogP contribution >= 0.6 is 0 Å². The Kier molecular flexibility index (Phi) is 7.41. The summed E-state index contributed by atoms with van der Waals surface area (Å²) in [5.41, 5.74) is 0.641. The van der Waals surface area contributed by atoms with Gasteiger partial charge < -0.3 is 9.64 Å². The minimum Gasteiger partial charge on any atom is -0.373 e. The average molecular weight is 423 g/mol. The van der Waals surface area contributed by atoms with Crippen LogP contribution in [0.3, 0.4) is 0 Å². The first-order chi connectivity index (χ1) is 13.9. The van der Waals surface area contributed by atoms with Crippen LogP contribution < -0.4 is 4.72 Å². The molecule has 1 aliphatic carbocycles. The van der Waals surface area contributed by atoms with Crippen molar-refractivity contribution >= 4 is 10.0 Å². The molecule has 5 nitrogen and oxygen atoms in total. The molecule has 1 heterocycles. The summed E-state index contributed by atoms with van der Waals surface area (Å²) in [6.45, 7) is 7.83. The number of likely N-dealkylation sites (tertiary alicyclic amines) is 1. The van der Waals surface area contributed by atoms with Gasteiger partial charge in [-0.2, -0.15) is 0 Å². The SMILES string of the molecule is CCCCC(CC)CN1CC2CCC(C1)C2(OC)c1cccc(S(=O)(=O)NC)c1. The number of benzene rings is 1. The fraction of sp³-hybridized carbons (Fsp3) is 0.739. The monoisotopic (exact) mass is 422 g/mol. The molecule has 3 unspecified atom stereocenters. The first kappa shape index (κ1) is 22.7. The zero-order valence-electron chi connectivity index (χ0n) is 18.5. The van der Waals surface area contributed by atoms with Crippen LogP contribution in [0.1, 0.15) is 57.9 Å². The molecule has 1 aromatic rings. The van der Waals surface area contributed by atoms with E-state index in [1.165, 1.54) is 39.3 Å². The molecular weight excluding hydrogens is 384 g/mol. The van der Waals surface area contributed by atoms with Gasteiger partial charge in [-0.05, 0) is 49.9 Å². The summed E-state index contributed by atoms with van der Waals surface area (Å²) in [6, 6.07) is 7.39. The molecule has 1 N–H and O–H groups in total. The first-order valence-electron chi connectivity index (χ1n) is 11.2. The number of fused-ring (bicyclic) bond motifs is 2. The maximum Gasteiger partial charge on any atom is 0.240 e. The quantitative estimate of drug-likeness (QED) is 0.619. The van der Waals surface area contributed by atoms with E-state index >= 15 is 0 Å². The summed E-state index contributed by atoms with van der Waals surface area (Å²) in [5, 5.41) is 0. The number of hydrogen-bond donors (Lipinski definition) is 1. The molecule has 29 heavy (non-hydrogen) atoms. The Hall–Kier alpha value is -0.950. The van der Waals surface area contributed by atoms with Gasteiger partial charge in [0.1, 0.15) is 5.60 Å². The number of methoxy groups -OCH3 is 1. The van der Waals surface area contributed by atoms with Crippen LogP contribution in [0.25, 0.3) is 0 Å². The largest absolute Gasteiger partial charge is 0.373 e. The number of piperidine rings is 1. The number of sulfonamides is 1. The number of nitrogens with one attached hydrogen (secondary N) is 1. The second-order valence-corrected chi connectivity index (χ2v) is 10.7. The van der Waals surface area contributed by atoms with Crippen molar-refractivity contribution in [1.29, 1.82) is 0 Å². The molecule has 0 radical (unpaired) electrons. The lowest BCUT2D eigenvalue weighted by Gasteiger charge is -2.48. The summed E-state index contributed by atoms with van der Waals surface area (Å²) < 4.78 is 33.4. The zero-order chi connectivity index (χ0) is 21.1. The third-order valence-corrected chi connectivity index (χ3v) is 8.71. The van der Waals surface area contributed by atoms with Gasteiger partial charge in [0.25, 0.3) is 0 Å². The molecule has 164 valence electrons. The van der Waals surface area contributed by atoms with Crippen molar-refractivity contribution in [3.05, 3.63) is 29.8 Å². The molecule has 2 fully saturated rings. The molecule has 1 aliphatic heterocycles. The van der Waals surface area contributed by atoms with Crippen molar-refractivity contribution in [3.63, 3.8) is 0 Å². The second-order valence-electron chi connectivity index (χ2n) is 8.84. The van der Waals surface area contributed by atoms with Gasteiger partial charge in [-0.15, -0.1) is 0 Å². The number of ether oxygens (including phenoxy) is 1. The topological polar surface area (TPSA) is 58.6 Å². The number of hydrogen-bond acceptors (Lipinski definition) is 4. The molecule has 6 heteroatoms. The Bertz CT molecular complexity index is 766. The summed E-state index contributed by atoms with van der Waals surface area (Å²) in [7, 11) is -0.205. The van der Waals surface area contributed by atoms with E-state index in [0.29, 0.717) is 16.7 Å². The van der Waals surface area contributed by atoms with E-state index in [0.717, 1.165) is 37.4 Å². The van der Waals surface area contributed by atoms with Gasteiger partial charge in [0, 0.05) is 38.6 Å². The Balaban J connectivity index is 1.83. The Morgan fingerprint density at radius 3 is 2.48 bits per heavy atom. The van der Waals surface area contributed by atoms with E-state index in [1.54, 1.807) is 13.2 Å². The van der Waals surface area contributed by atoms with Crippen LogP contribution in [0.2, 0.25) is 0 Å². The van der Waals surface area contributed by atoms with Crippen LogP contribution in [-0.2, 0) is 20.4 Å². The van der Waals surface area contributed by atoms with Crippen LogP contribution in [0, 0.1) is 17.8 Å². The van der Waals surface area contributed by atoms with Gasteiger partial charge in [0.2, 0.25) is 10.0 Å². The minimum absolute atomic E-state index is 0.321. The number of unbranched alkanes of at least 4 members (excludes halogenated alkanes) is 1. The standard InChI is InChI=1S/C23H38N2O3S/c1-5-7-9-18(6-2)15-25-16-20-12-13-21(17-25)23(20,28-4)19-10-8-11-22(14-19)29(26,27)24-3/h8,10-11,14,18,20-21,24H,5-7,9,12-13,15-17H2,1-4H3. The smallest absolute Gasteiger partial charge is 0.240 e. The summed E-state index contributed by atoms with van der Waals surface area (Å²) in [6.07, 6.45) is 7.42. The average Bonchev–Trinajstić information content (AvgIpc) is 2.94. The van der Waals surface area contributed by atoms with Gasteiger partial charge in [0.15, 0.2) is 0 Å². The fourth-order valence-electron chi connectivity index (χ4n) is 5.69. The summed E-state index contributed by atoms with van der Waals surface area (Å²) in [5.74, 6) is 1.58. The third kappa shape index (κ3) is 4.41. The third-order valence-electron chi connectivity index (χ3n) is 7.30. The molecule has 2 bridgehead atoms. The molecular formula is C23H38N2O3S. The van der Waals surface area contributed by atoms with Crippen molar-refractivity contribution in [2.24, 2.45) is 17.8 Å². The van der Waals surface area contributed by atoms with E-state index < -0.39 is 10.0 Å². The van der Waals surface area contributed by atoms with Crippen molar-refractivity contribution in [3.8, 4) is 0 Å². The van der Waals surface area contributed by atoms with Crippen molar-refractivity contribution < 1.29 is 13.2 Å². The van der Waals surface area contributed by atoms with Crippen molar-refractivity contribution in [1.82, 2.24) is 9.62 Å².